The Balaban J connectivity index is 4.24. The molecule has 0 saturated carbocycles. The van der Waals surface area contributed by atoms with Crippen LogP contribution in [0.3, 0.4) is 0 Å². The Labute approximate surface area is 122 Å². The molecule has 0 radical (unpaired) electrons. The Morgan fingerprint density at radius 3 is 2.05 bits per heavy atom. The molecule has 0 heterocycles. The van der Waals surface area contributed by atoms with Crippen LogP contribution in [0.5, 0.6) is 0 Å². The summed E-state index contributed by atoms with van der Waals surface area (Å²) in [6.45, 7) is 12.1. The van der Waals surface area contributed by atoms with Gasteiger partial charge in [-0.2, -0.15) is 0 Å². The summed E-state index contributed by atoms with van der Waals surface area (Å²) in [5, 5.41) is 11.5. The van der Waals surface area contributed by atoms with Crippen molar-refractivity contribution in [1.29, 1.82) is 0 Å². The van der Waals surface area contributed by atoms with Gasteiger partial charge in [0.1, 0.15) is 6.04 Å². The van der Waals surface area contributed by atoms with Crippen LogP contribution in [0.25, 0.3) is 0 Å². The van der Waals surface area contributed by atoms with Gasteiger partial charge >= 0.3 is 12.0 Å². The van der Waals surface area contributed by atoms with Crippen LogP contribution in [-0.2, 0) is 4.79 Å². The molecule has 0 bridgehead atoms. The second-order valence-electron chi connectivity index (χ2n) is 4.71. The number of carbonyl (C=O) groups excluding carboxylic acids is 1. The summed E-state index contributed by atoms with van der Waals surface area (Å²) >= 11 is 0. The summed E-state index contributed by atoms with van der Waals surface area (Å²) in [5.41, 5.74) is 0. The highest BCUT2D eigenvalue weighted by atomic mass is 16.4. The summed E-state index contributed by atoms with van der Waals surface area (Å²) in [4.78, 5) is 26.9. The number of nitrogens with zero attached hydrogens (tertiary/aromatic N) is 2. The largest absolute Gasteiger partial charge is 0.480 e. The highest BCUT2D eigenvalue weighted by Gasteiger charge is 2.20. The summed E-state index contributed by atoms with van der Waals surface area (Å²) in [6.07, 6.45) is 1.28. The summed E-state index contributed by atoms with van der Waals surface area (Å²) in [6, 6.07) is -1.10. The lowest BCUT2D eigenvalue weighted by Crippen LogP contribution is -2.48. The lowest BCUT2D eigenvalue weighted by molar-refractivity contribution is -0.139. The third-order valence-electron chi connectivity index (χ3n) is 3.47. The number of nitrogens with one attached hydrogen (secondary N) is 1. The van der Waals surface area contributed by atoms with Crippen molar-refractivity contribution in [2.24, 2.45) is 0 Å². The quantitative estimate of drug-likeness (QED) is 0.640. The molecule has 0 fully saturated rings. The number of carbonyl (C=O) groups is 2. The van der Waals surface area contributed by atoms with E-state index in [1.807, 2.05) is 6.92 Å². The highest BCUT2D eigenvalue weighted by molar-refractivity contribution is 5.82. The minimum atomic E-state index is -0.986. The lowest BCUT2D eigenvalue weighted by atomic mass is 10.2. The Morgan fingerprint density at radius 1 is 1.05 bits per heavy atom. The van der Waals surface area contributed by atoms with Crippen molar-refractivity contribution in [3.63, 3.8) is 0 Å². The van der Waals surface area contributed by atoms with Crippen molar-refractivity contribution >= 4 is 12.0 Å². The fourth-order valence-corrected chi connectivity index (χ4v) is 2.01. The topological polar surface area (TPSA) is 72.9 Å². The smallest absolute Gasteiger partial charge is 0.326 e. The minimum Gasteiger partial charge on any atom is -0.480 e. The van der Waals surface area contributed by atoms with Crippen molar-refractivity contribution in [3.8, 4) is 0 Å². The number of amides is 2. The molecule has 6 nitrogen and oxygen atoms in total. The van der Waals surface area contributed by atoms with Crippen LogP contribution in [0.15, 0.2) is 0 Å². The molecule has 6 heteroatoms. The number of hydrogen-bond donors (Lipinski definition) is 2. The van der Waals surface area contributed by atoms with E-state index in [2.05, 4.69) is 24.1 Å². The first-order chi connectivity index (χ1) is 9.49. The molecular formula is C14H29N3O3. The van der Waals surface area contributed by atoms with E-state index in [0.29, 0.717) is 19.5 Å². The Hall–Kier alpha value is -1.30. The molecule has 0 aliphatic carbocycles. The highest BCUT2D eigenvalue weighted by Crippen LogP contribution is 1.99. The van der Waals surface area contributed by atoms with E-state index < -0.39 is 12.0 Å². The first-order valence-corrected chi connectivity index (χ1v) is 7.50. The molecule has 2 N–H and O–H groups in total. The van der Waals surface area contributed by atoms with Crippen molar-refractivity contribution in [2.75, 3.05) is 32.7 Å². The monoisotopic (exact) mass is 287 g/mol. The van der Waals surface area contributed by atoms with E-state index >= 15 is 0 Å². The number of carboxylic acid groups (broad SMARTS) is 1. The lowest BCUT2D eigenvalue weighted by Gasteiger charge is -2.25. The molecule has 0 aromatic carbocycles. The molecule has 0 aliphatic rings. The van der Waals surface area contributed by atoms with Gasteiger partial charge in [0.15, 0.2) is 0 Å². The van der Waals surface area contributed by atoms with Crippen LogP contribution >= 0.6 is 0 Å². The van der Waals surface area contributed by atoms with Gasteiger partial charge in [-0.25, -0.2) is 9.59 Å². The molecule has 0 spiro atoms. The predicted octanol–water partition coefficient (Wildman–Crippen LogP) is 1.61. The molecule has 0 aromatic heterocycles. The van der Waals surface area contributed by atoms with Gasteiger partial charge in [-0.3, -0.25) is 0 Å². The van der Waals surface area contributed by atoms with Crippen molar-refractivity contribution < 1.29 is 14.7 Å². The zero-order valence-corrected chi connectivity index (χ0v) is 13.2. The minimum absolute atomic E-state index is 0.290. The SMILES string of the molecule is CC[C@@H](NC(=O)N(CC)CCCN(CC)CC)C(=O)O. The van der Waals surface area contributed by atoms with E-state index in [0.717, 1.165) is 26.1 Å². The number of aliphatic carboxylic acids is 1. The van der Waals surface area contributed by atoms with Crippen molar-refractivity contribution in [2.45, 2.75) is 46.6 Å². The average Bonchev–Trinajstić information content (AvgIpc) is 2.44. The molecule has 0 unspecified atom stereocenters. The molecule has 0 rings (SSSR count). The third-order valence-corrected chi connectivity index (χ3v) is 3.47. The van der Waals surface area contributed by atoms with E-state index in [4.69, 9.17) is 5.11 Å². The normalized spacial score (nSPS) is 12.2. The molecule has 20 heavy (non-hydrogen) atoms. The first kappa shape index (κ1) is 18.7. The Morgan fingerprint density at radius 2 is 1.65 bits per heavy atom. The summed E-state index contributed by atoms with van der Waals surface area (Å²) in [7, 11) is 0. The Kier molecular flexibility index (Phi) is 9.80. The molecule has 2 amide bonds. The molecule has 1 atom stereocenters. The van der Waals surface area contributed by atoms with Crippen LogP contribution < -0.4 is 5.32 Å². The van der Waals surface area contributed by atoms with Crippen molar-refractivity contribution in [3.05, 3.63) is 0 Å². The zero-order chi connectivity index (χ0) is 15.5. The van der Waals surface area contributed by atoms with Gasteiger partial charge in [0.05, 0.1) is 0 Å². The van der Waals surface area contributed by atoms with Gasteiger partial charge in [0.25, 0.3) is 0 Å². The number of rotatable bonds is 10. The fourth-order valence-electron chi connectivity index (χ4n) is 2.01. The molecule has 0 saturated heterocycles. The average molecular weight is 287 g/mol. The standard InChI is InChI=1S/C14H29N3O3/c1-5-12(13(18)19)15-14(20)17(8-4)11-9-10-16(6-2)7-3/h12H,5-11H2,1-4H3,(H,15,20)(H,18,19)/t12-/m1/s1. The second-order valence-corrected chi connectivity index (χ2v) is 4.71. The second kappa shape index (κ2) is 10.5. The number of carboxylic acids is 1. The molecule has 0 aliphatic heterocycles. The van der Waals surface area contributed by atoms with Gasteiger partial charge in [0, 0.05) is 13.1 Å². The maximum atomic E-state index is 12.0. The fraction of sp³-hybridized carbons (Fsp3) is 0.857. The molecular weight excluding hydrogens is 258 g/mol. The summed E-state index contributed by atoms with van der Waals surface area (Å²) in [5.74, 6) is -0.986. The van der Waals surface area contributed by atoms with E-state index in [1.165, 1.54) is 0 Å². The van der Waals surface area contributed by atoms with Crippen LogP contribution in [0.2, 0.25) is 0 Å². The van der Waals surface area contributed by atoms with Gasteiger partial charge in [0.2, 0.25) is 0 Å². The summed E-state index contributed by atoms with van der Waals surface area (Å²) < 4.78 is 0. The Bertz CT molecular complexity index is 293. The van der Waals surface area contributed by atoms with E-state index in [9.17, 15) is 9.59 Å². The van der Waals surface area contributed by atoms with Gasteiger partial charge in [-0.1, -0.05) is 20.8 Å². The van der Waals surface area contributed by atoms with Gasteiger partial charge < -0.3 is 20.2 Å². The van der Waals surface area contributed by atoms with Gasteiger partial charge in [-0.05, 0) is 39.4 Å². The van der Waals surface area contributed by atoms with Crippen molar-refractivity contribution in [1.82, 2.24) is 15.1 Å². The van der Waals surface area contributed by atoms with Crippen LogP contribution in [0.4, 0.5) is 4.79 Å². The zero-order valence-electron chi connectivity index (χ0n) is 13.2. The van der Waals surface area contributed by atoms with Crippen LogP contribution in [0, 0.1) is 0 Å². The van der Waals surface area contributed by atoms with E-state index in [-0.39, 0.29) is 6.03 Å². The maximum absolute atomic E-state index is 12.0. The number of hydrogen-bond acceptors (Lipinski definition) is 3. The van der Waals surface area contributed by atoms with Gasteiger partial charge in [-0.15, -0.1) is 0 Å². The van der Waals surface area contributed by atoms with Crippen LogP contribution in [0.1, 0.15) is 40.5 Å². The maximum Gasteiger partial charge on any atom is 0.326 e. The predicted molar refractivity (Wildman–Crippen MR) is 79.9 cm³/mol. The van der Waals surface area contributed by atoms with Crippen LogP contribution in [-0.4, -0.2) is 65.7 Å². The molecule has 118 valence electrons. The van der Waals surface area contributed by atoms with E-state index in [1.54, 1.807) is 11.8 Å². The molecule has 0 aromatic rings. The first-order valence-electron chi connectivity index (χ1n) is 7.50. The third kappa shape index (κ3) is 6.75. The number of urea groups is 1.